The summed E-state index contributed by atoms with van der Waals surface area (Å²) in [6.45, 7) is 0.634. The van der Waals surface area contributed by atoms with Crippen molar-refractivity contribution in [3.8, 4) is 11.5 Å². The first-order chi connectivity index (χ1) is 11.1. The van der Waals surface area contributed by atoms with Crippen LogP contribution < -0.4 is 20.1 Å². The minimum atomic E-state index is -0.290. The highest BCUT2D eigenvalue weighted by Crippen LogP contribution is 2.34. The zero-order valence-corrected chi connectivity index (χ0v) is 13.0. The summed E-state index contributed by atoms with van der Waals surface area (Å²) < 4.78 is 15.9. The Hall–Kier alpha value is -2.67. The van der Waals surface area contributed by atoms with Crippen molar-refractivity contribution in [1.82, 2.24) is 10.2 Å². The molecule has 2 heterocycles. The molecule has 0 unspecified atom stereocenters. The van der Waals surface area contributed by atoms with Gasteiger partial charge in [0.25, 0.3) is 0 Å². The Morgan fingerprint density at radius 3 is 2.83 bits per heavy atom. The van der Waals surface area contributed by atoms with Gasteiger partial charge in [0.15, 0.2) is 11.5 Å². The third-order valence-corrected chi connectivity index (χ3v) is 3.58. The standard InChI is InChI=1S/C16H19N3O4/c1-19(2)12(13-4-3-7-21-13)9-17-16(20)18-11-5-6-14-15(8-11)23-10-22-14/h3-8,12H,9-10H2,1-2H3,(H2,17,18,20)/t12-/m1/s1. The Balaban J connectivity index is 1.57. The molecule has 2 aromatic rings. The number of hydrogen-bond acceptors (Lipinski definition) is 5. The number of anilines is 1. The lowest BCUT2D eigenvalue weighted by Gasteiger charge is -2.22. The van der Waals surface area contributed by atoms with E-state index in [4.69, 9.17) is 13.9 Å². The van der Waals surface area contributed by atoms with Gasteiger partial charge in [0.05, 0.1) is 12.3 Å². The number of nitrogens with zero attached hydrogens (tertiary/aromatic N) is 1. The van der Waals surface area contributed by atoms with Gasteiger partial charge in [-0.1, -0.05) is 0 Å². The first-order valence-corrected chi connectivity index (χ1v) is 7.28. The molecule has 0 saturated carbocycles. The fourth-order valence-corrected chi connectivity index (χ4v) is 2.36. The number of furan rings is 1. The summed E-state index contributed by atoms with van der Waals surface area (Å²) in [7, 11) is 3.87. The minimum Gasteiger partial charge on any atom is -0.468 e. The second kappa shape index (κ2) is 6.62. The Kier molecular flexibility index (Phi) is 4.38. The van der Waals surface area contributed by atoms with E-state index in [1.54, 1.807) is 24.5 Å². The molecule has 3 rings (SSSR count). The Labute approximate surface area is 134 Å². The summed E-state index contributed by atoms with van der Waals surface area (Å²) >= 11 is 0. The molecule has 2 amide bonds. The van der Waals surface area contributed by atoms with Gasteiger partial charge >= 0.3 is 6.03 Å². The number of hydrogen-bond donors (Lipinski definition) is 2. The van der Waals surface area contributed by atoms with E-state index >= 15 is 0 Å². The monoisotopic (exact) mass is 317 g/mol. The van der Waals surface area contributed by atoms with E-state index in [0.717, 1.165) is 5.76 Å². The molecule has 1 aromatic heterocycles. The Morgan fingerprint density at radius 1 is 1.26 bits per heavy atom. The van der Waals surface area contributed by atoms with Gasteiger partial charge < -0.3 is 24.5 Å². The second-order valence-corrected chi connectivity index (χ2v) is 5.40. The largest absolute Gasteiger partial charge is 0.468 e. The van der Waals surface area contributed by atoms with Crippen molar-refractivity contribution in [2.75, 3.05) is 32.7 Å². The van der Waals surface area contributed by atoms with Crippen LogP contribution in [-0.4, -0.2) is 38.4 Å². The van der Waals surface area contributed by atoms with Crippen molar-refractivity contribution in [1.29, 1.82) is 0 Å². The fourth-order valence-electron chi connectivity index (χ4n) is 2.36. The minimum absolute atomic E-state index is 0.0347. The summed E-state index contributed by atoms with van der Waals surface area (Å²) in [5.74, 6) is 2.12. The molecule has 1 atom stereocenters. The van der Waals surface area contributed by atoms with Crippen molar-refractivity contribution in [2.45, 2.75) is 6.04 Å². The number of likely N-dealkylation sites (N-methyl/N-ethyl adjacent to an activating group) is 1. The van der Waals surface area contributed by atoms with E-state index in [0.29, 0.717) is 23.7 Å². The first-order valence-electron chi connectivity index (χ1n) is 7.28. The van der Waals surface area contributed by atoms with Gasteiger partial charge in [0, 0.05) is 18.3 Å². The number of carbonyl (C=O) groups excluding carboxylic acids is 1. The Bertz CT molecular complexity index is 670. The highest BCUT2D eigenvalue weighted by Gasteiger charge is 2.18. The van der Waals surface area contributed by atoms with E-state index in [1.165, 1.54) is 0 Å². The van der Waals surface area contributed by atoms with Crippen LogP contribution in [0.1, 0.15) is 11.8 Å². The van der Waals surface area contributed by atoms with Crippen LogP contribution in [0.3, 0.4) is 0 Å². The van der Waals surface area contributed by atoms with Gasteiger partial charge in [0.1, 0.15) is 5.76 Å². The molecule has 1 aromatic carbocycles. The van der Waals surface area contributed by atoms with Gasteiger partial charge in [-0.3, -0.25) is 4.90 Å². The van der Waals surface area contributed by atoms with E-state index in [9.17, 15) is 4.79 Å². The topological polar surface area (TPSA) is 76.0 Å². The molecule has 0 bridgehead atoms. The van der Waals surface area contributed by atoms with Crippen LogP contribution in [0.4, 0.5) is 10.5 Å². The summed E-state index contributed by atoms with van der Waals surface area (Å²) in [5.41, 5.74) is 0.645. The fraction of sp³-hybridized carbons (Fsp3) is 0.312. The van der Waals surface area contributed by atoms with Crippen molar-refractivity contribution in [3.63, 3.8) is 0 Å². The maximum absolute atomic E-state index is 12.1. The number of carbonyl (C=O) groups is 1. The van der Waals surface area contributed by atoms with Crippen LogP contribution in [0.5, 0.6) is 11.5 Å². The zero-order chi connectivity index (χ0) is 16.2. The average Bonchev–Trinajstić information content (AvgIpc) is 3.17. The quantitative estimate of drug-likeness (QED) is 0.886. The predicted octanol–water partition coefficient (Wildman–Crippen LogP) is 2.43. The van der Waals surface area contributed by atoms with E-state index in [2.05, 4.69) is 10.6 Å². The molecule has 1 aliphatic rings. The van der Waals surface area contributed by atoms with Crippen molar-refractivity contribution < 1.29 is 18.7 Å². The summed E-state index contributed by atoms with van der Waals surface area (Å²) in [6.07, 6.45) is 1.62. The predicted molar refractivity (Wildman–Crippen MR) is 84.7 cm³/mol. The maximum Gasteiger partial charge on any atom is 0.319 e. The van der Waals surface area contributed by atoms with Gasteiger partial charge in [-0.05, 0) is 38.4 Å². The number of nitrogens with one attached hydrogen (secondary N) is 2. The number of fused-ring (bicyclic) bond motifs is 1. The summed E-state index contributed by atoms with van der Waals surface area (Å²) in [4.78, 5) is 14.1. The number of benzene rings is 1. The molecule has 2 N–H and O–H groups in total. The molecule has 1 aliphatic heterocycles. The van der Waals surface area contributed by atoms with Gasteiger partial charge in [-0.25, -0.2) is 4.79 Å². The van der Waals surface area contributed by atoms with Crippen LogP contribution in [0, 0.1) is 0 Å². The van der Waals surface area contributed by atoms with E-state index in [1.807, 2.05) is 31.1 Å². The lowest BCUT2D eigenvalue weighted by atomic mass is 10.2. The summed E-state index contributed by atoms with van der Waals surface area (Å²) in [5, 5.41) is 5.62. The van der Waals surface area contributed by atoms with Gasteiger partial charge in [-0.15, -0.1) is 0 Å². The van der Waals surface area contributed by atoms with Crippen molar-refractivity contribution in [2.24, 2.45) is 0 Å². The maximum atomic E-state index is 12.1. The van der Waals surface area contributed by atoms with Crippen molar-refractivity contribution >= 4 is 11.7 Å². The summed E-state index contributed by atoms with van der Waals surface area (Å²) in [6, 6.07) is 8.67. The number of rotatable bonds is 5. The average molecular weight is 317 g/mol. The molecule has 0 fully saturated rings. The third kappa shape index (κ3) is 3.57. The second-order valence-electron chi connectivity index (χ2n) is 5.40. The molecule has 7 nitrogen and oxygen atoms in total. The molecular weight excluding hydrogens is 298 g/mol. The normalized spacial score (nSPS) is 13.9. The molecule has 7 heteroatoms. The van der Waals surface area contributed by atoms with E-state index in [-0.39, 0.29) is 18.9 Å². The molecular formula is C16H19N3O4. The number of ether oxygens (including phenoxy) is 2. The van der Waals surface area contributed by atoms with Gasteiger partial charge in [-0.2, -0.15) is 0 Å². The highest BCUT2D eigenvalue weighted by molar-refractivity contribution is 5.89. The Morgan fingerprint density at radius 2 is 2.09 bits per heavy atom. The van der Waals surface area contributed by atoms with Crippen LogP contribution >= 0.6 is 0 Å². The number of amides is 2. The highest BCUT2D eigenvalue weighted by atomic mass is 16.7. The van der Waals surface area contributed by atoms with Crippen LogP contribution in [-0.2, 0) is 0 Å². The van der Waals surface area contributed by atoms with Crippen molar-refractivity contribution in [3.05, 3.63) is 42.4 Å². The van der Waals surface area contributed by atoms with Crippen LogP contribution in [0.25, 0.3) is 0 Å². The molecule has 0 aliphatic carbocycles. The smallest absolute Gasteiger partial charge is 0.319 e. The number of urea groups is 1. The van der Waals surface area contributed by atoms with Crippen LogP contribution in [0.15, 0.2) is 41.0 Å². The molecule has 0 radical (unpaired) electrons. The molecule has 122 valence electrons. The van der Waals surface area contributed by atoms with Crippen LogP contribution in [0.2, 0.25) is 0 Å². The van der Waals surface area contributed by atoms with Gasteiger partial charge in [0.2, 0.25) is 6.79 Å². The molecule has 0 spiro atoms. The third-order valence-electron chi connectivity index (χ3n) is 3.58. The molecule has 0 saturated heterocycles. The first kappa shape index (κ1) is 15.2. The molecule has 23 heavy (non-hydrogen) atoms. The van der Waals surface area contributed by atoms with E-state index < -0.39 is 0 Å². The lowest BCUT2D eigenvalue weighted by molar-refractivity contribution is 0.174. The SMILES string of the molecule is CN(C)[C@H](CNC(=O)Nc1ccc2c(c1)OCO2)c1ccco1. The lowest BCUT2D eigenvalue weighted by Crippen LogP contribution is -2.36. The zero-order valence-electron chi connectivity index (χ0n) is 13.0.